The Kier molecular flexibility index (Phi) is 3.75. The molecule has 0 saturated heterocycles. The summed E-state index contributed by atoms with van der Waals surface area (Å²) in [6.45, 7) is 2.08. The van der Waals surface area contributed by atoms with Crippen LogP contribution in [0.1, 0.15) is 16.0 Å². The molecule has 2 aromatic rings. The van der Waals surface area contributed by atoms with Gasteiger partial charge in [0, 0.05) is 0 Å². The van der Waals surface area contributed by atoms with Gasteiger partial charge in [-0.25, -0.2) is 0 Å². The van der Waals surface area contributed by atoms with E-state index in [2.05, 4.69) is 47.1 Å². The summed E-state index contributed by atoms with van der Waals surface area (Å²) in [7, 11) is 0. The lowest BCUT2D eigenvalue weighted by Crippen LogP contribution is -1.90. The summed E-state index contributed by atoms with van der Waals surface area (Å²) in [5, 5.41) is 0. The van der Waals surface area contributed by atoms with Crippen molar-refractivity contribution in [3.63, 3.8) is 0 Å². The molecule has 0 aliphatic carbocycles. The Morgan fingerprint density at radius 2 is 1.41 bits per heavy atom. The maximum Gasteiger partial charge on any atom is 0.138 e. The molecular weight excluding hydrogens is 276 g/mol. The standard InChI is InChI=1S/C15H13BrO/c1-11-2-4-12(5-3-11)13-6-8-14(9-7-13)15(16)10-17/h2-10,15H,1H3. The molecule has 0 fully saturated rings. The molecule has 1 nitrogen and oxygen atoms in total. The molecule has 0 radical (unpaired) electrons. The number of aldehydes is 1. The van der Waals surface area contributed by atoms with Crippen LogP contribution in [0.4, 0.5) is 0 Å². The van der Waals surface area contributed by atoms with Crippen LogP contribution in [-0.2, 0) is 4.79 Å². The lowest BCUT2D eigenvalue weighted by Gasteiger charge is -2.05. The Labute approximate surface area is 110 Å². The molecule has 17 heavy (non-hydrogen) atoms. The van der Waals surface area contributed by atoms with Crippen molar-refractivity contribution in [2.45, 2.75) is 11.8 Å². The van der Waals surface area contributed by atoms with Crippen molar-refractivity contribution in [3.8, 4) is 11.1 Å². The zero-order chi connectivity index (χ0) is 12.3. The lowest BCUT2D eigenvalue weighted by atomic mass is 10.0. The lowest BCUT2D eigenvalue weighted by molar-refractivity contribution is -0.107. The number of halogens is 1. The van der Waals surface area contributed by atoms with Gasteiger partial charge in [0.05, 0.1) is 4.83 Å². The Bertz CT molecular complexity index is 499. The van der Waals surface area contributed by atoms with Crippen LogP contribution < -0.4 is 0 Å². The minimum absolute atomic E-state index is 0.213. The van der Waals surface area contributed by atoms with Gasteiger partial charge < -0.3 is 4.79 Å². The van der Waals surface area contributed by atoms with Gasteiger partial charge in [0.2, 0.25) is 0 Å². The third kappa shape index (κ3) is 2.83. The van der Waals surface area contributed by atoms with Gasteiger partial charge in [-0.3, -0.25) is 0 Å². The van der Waals surface area contributed by atoms with Crippen LogP contribution in [0.25, 0.3) is 11.1 Å². The summed E-state index contributed by atoms with van der Waals surface area (Å²) in [6, 6.07) is 16.4. The monoisotopic (exact) mass is 288 g/mol. The Hall–Kier alpha value is -1.41. The second-order valence-electron chi connectivity index (χ2n) is 4.03. The fraction of sp³-hybridized carbons (Fsp3) is 0.133. The van der Waals surface area contributed by atoms with Crippen LogP contribution in [0.5, 0.6) is 0 Å². The summed E-state index contributed by atoms with van der Waals surface area (Å²) in [5.74, 6) is 0. The third-order valence-corrected chi connectivity index (χ3v) is 3.48. The van der Waals surface area contributed by atoms with Crippen molar-refractivity contribution >= 4 is 22.2 Å². The molecule has 0 saturated carbocycles. The van der Waals surface area contributed by atoms with E-state index in [9.17, 15) is 4.79 Å². The average molecular weight is 289 g/mol. The van der Waals surface area contributed by atoms with E-state index in [0.717, 1.165) is 11.8 Å². The summed E-state index contributed by atoms with van der Waals surface area (Å²) >= 11 is 3.31. The van der Waals surface area contributed by atoms with E-state index in [0.29, 0.717) is 0 Å². The predicted molar refractivity (Wildman–Crippen MR) is 74.3 cm³/mol. The van der Waals surface area contributed by atoms with Crippen molar-refractivity contribution in [2.75, 3.05) is 0 Å². The fourth-order valence-corrected chi connectivity index (χ4v) is 1.99. The third-order valence-electron chi connectivity index (χ3n) is 2.73. The second-order valence-corrected chi connectivity index (χ2v) is 5.01. The zero-order valence-corrected chi connectivity index (χ0v) is 11.1. The molecule has 0 amide bonds. The number of hydrogen-bond donors (Lipinski definition) is 0. The largest absolute Gasteiger partial charge is 0.302 e. The SMILES string of the molecule is Cc1ccc(-c2ccc(C(Br)C=O)cc2)cc1. The first-order chi connectivity index (χ1) is 8.20. The highest BCUT2D eigenvalue weighted by molar-refractivity contribution is 9.09. The predicted octanol–water partition coefficient (Wildman–Crippen LogP) is 4.30. The van der Waals surface area contributed by atoms with Crippen LogP contribution in [0.2, 0.25) is 0 Å². The van der Waals surface area contributed by atoms with E-state index in [4.69, 9.17) is 0 Å². The van der Waals surface area contributed by atoms with E-state index >= 15 is 0 Å². The summed E-state index contributed by atoms with van der Waals surface area (Å²) in [4.78, 5) is 10.4. The van der Waals surface area contributed by atoms with Crippen LogP contribution >= 0.6 is 15.9 Å². The molecule has 2 heteroatoms. The molecule has 86 valence electrons. The average Bonchev–Trinajstić information content (AvgIpc) is 2.39. The van der Waals surface area contributed by atoms with Crippen LogP contribution in [0, 0.1) is 6.92 Å². The van der Waals surface area contributed by atoms with Crippen LogP contribution in [-0.4, -0.2) is 6.29 Å². The van der Waals surface area contributed by atoms with Gasteiger partial charge in [-0.05, 0) is 23.6 Å². The first kappa shape index (κ1) is 12.1. The van der Waals surface area contributed by atoms with Gasteiger partial charge in [-0.2, -0.15) is 0 Å². The summed E-state index contributed by atoms with van der Waals surface area (Å²) < 4.78 is 0. The Morgan fingerprint density at radius 1 is 0.941 bits per heavy atom. The van der Waals surface area contributed by atoms with Crippen molar-refractivity contribution in [3.05, 3.63) is 59.7 Å². The molecule has 1 atom stereocenters. The minimum atomic E-state index is -0.213. The minimum Gasteiger partial charge on any atom is -0.302 e. The Morgan fingerprint density at radius 3 is 1.88 bits per heavy atom. The molecule has 0 aliphatic rings. The number of benzene rings is 2. The smallest absolute Gasteiger partial charge is 0.138 e. The van der Waals surface area contributed by atoms with Crippen molar-refractivity contribution < 1.29 is 4.79 Å². The molecule has 0 aliphatic heterocycles. The van der Waals surface area contributed by atoms with E-state index in [-0.39, 0.29) is 4.83 Å². The first-order valence-corrected chi connectivity index (χ1v) is 6.38. The van der Waals surface area contributed by atoms with Crippen molar-refractivity contribution in [1.29, 1.82) is 0 Å². The summed E-state index contributed by atoms with van der Waals surface area (Å²) in [6.07, 6.45) is 0.890. The Balaban J connectivity index is 2.29. The quantitative estimate of drug-likeness (QED) is 0.608. The van der Waals surface area contributed by atoms with Gasteiger partial charge in [0.25, 0.3) is 0 Å². The molecule has 0 aromatic heterocycles. The maximum absolute atomic E-state index is 10.7. The highest BCUT2D eigenvalue weighted by Crippen LogP contribution is 2.25. The number of hydrogen-bond acceptors (Lipinski definition) is 1. The number of alkyl halides is 1. The fourth-order valence-electron chi connectivity index (χ4n) is 1.68. The second kappa shape index (κ2) is 5.28. The number of carbonyl (C=O) groups excluding carboxylic acids is 1. The van der Waals surface area contributed by atoms with Gasteiger partial charge >= 0.3 is 0 Å². The van der Waals surface area contributed by atoms with Crippen LogP contribution in [0.15, 0.2) is 48.5 Å². The topological polar surface area (TPSA) is 17.1 Å². The number of aryl methyl sites for hydroxylation is 1. The van der Waals surface area contributed by atoms with E-state index in [1.807, 2.05) is 24.3 Å². The molecule has 2 rings (SSSR count). The zero-order valence-electron chi connectivity index (χ0n) is 9.56. The molecule has 1 unspecified atom stereocenters. The van der Waals surface area contributed by atoms with Gasteiger partial charge in [0.15, 0.2) is 0 Å². The first-order valence-electron chi connectivity index (χ1n) is 5.47. The summed E-state index contributed by atoms with van der Waals surface area (Å²) in [5.41, 5.74) is 4.60. The van der Waals surface area contributed by atoms with Gasteiger partial charge in [0.1, 0.15) is 6.29 Å². The number of carbonyl (C=O) groups is 1. The molecular formula is C15H13BrO. The van der Waals surface area contributed by atoms with Gasteiger partial charge in [-0.1, -0.05) is 70.0 Å². The normalized spacial score (nSPS) is 12.1. The van der Waals surface area contributed by atoms with E-state index in [1.165, 1.54) is 16.7 Å². The highest BCUT2D eigenvalue weighted by atomic mass is 79.9. The molecule has 2 aromatic carbocycles. The highest BCUT2D eigenvalue weighted by Gasteiger charge is 2.05. The molecule has 0 bridgehead atoms. The van der Waals surface area contributed by atoms with Gasteiger partial charge in [-0.15, -0.1) is 0 Å². The maximum atomic E-state index is 10.7. The number of rotatable bonds is 3. The molecule has 0 N–H and O–H groups in total. The van der Waals surface area contributed by atoms with E-state index < -0.39 is 0 Å². The van der Waals surface area contributed by atoms with Crippen LogP contribution in [0.3, 0.4) is 0 Å². The molecule has 0 spiro atoms. The van der Waals surface area contributed by atoms with Crippen molar-refractivity contribution in [2.24, 2.45) is 0 Å². The van der Waals surface area contributed by atoms with Crippen molar-refractivity contribution in [1.82, 2.24) is 0 Å². The molecule has 0 heterocycles. The van der Waals surface area contributed by atoms with E-state index in [1.54, 1.807) is 0 Å².